The van der Waals surface area contributed by atoms with Crippen LogP contribution in [0.4, 0.5) is 0 Å². The quantitative estimate of drug-likeness (QED) is 0.756. The third kappa shape index (κ3) is 1.23. The Balaban J connectivity index is 1.89. The molecule has 0 saturated carbocycles. The second-order valence-corrected chi connectivity index (χ2v) is 6.19. The van der Waals surface area contributed by atoms with Gasteiger partial charge < -0.3 is 5.11 Å². The number of fused-ring (bicyclic) bond motifs is 7. The average molecular weight is 288 g/mol. The molecule has 0 saturated heterocycles. The first-order valence-electron chi connectivity index (χ1n) is 7.43. The second-order valence-electron chi connectivity index (χ2n) is 6.19. The number of ketones is 2. The van der Waals surface area contributed by atoms with E-state index in [4.69, 9.17) is 0 Å². The Morgan fingerprint density at radius 1 is 0.909 bits per heavy atom. The van der Waals surface area contributed by atoms with Crippen LogP contribution in [0, 0.1) is 11.8 Å². The van der Waals surface area contributed by atoms with Gasteiger partial charge in [-0.25, -0.2) is 0 Å². The lowest BCUT2D eigenvalue weighted by Crippen LogP contribution is -2.24. The van der Waals surface area contributed by atoms with Crippen LogP contribution >= 0.6 is 0 Å². The monoisotopic (exact) mass is 288 g/mol. The minimum Gasteiger partial charge on any atom is -0.507 e. The van der Waals surface area contributed by atoms with Gasteiger partial charge in [0.2, 0.25) is 0 Å². The van der Waals surface area contributed by atoms with E-state index in [1.807, 2.05) is 36.4 Å². The summed E-state index contributed by atoms with van der Waals surface area (Å²) in [6.07, 6.45) is 4.86. The van der Waals surface area contributed by atoms with Gasteiger partial charge in [-0.3, -0.25) is 9.59 Å². The van der Waals surface area contributed by atoms with Crippen LogP contribution in [0.3, 0.4) is 0 Å². The van der Waals surface area contributed by atoms with Crippen LogP contribution in [-0.4, -0.2) is 16.7 Å². The number of rotatable bonds is 0. The van der Waals surface area contributed by atoms with Crippen LogP contribution < -0.4 is 0 Å². The molecule has 2 aromatic rings. The molecule has 3 aliphatic rings. The highest BCUT2D eigenvalue weighted by atomic mass is 16.3. The van der Waals surface area contributed by atoms with Gasteiger partial charge in [0, 0.05) is 28.5 Å². The Kier molecular flexibility index (Phi) is 2.03. The van der Waals surface area contributed by atoms with Crippen molar-refractivity contribution in [2.45, 2.75) is 6.42 Å². The average Bonchev–Trinajstić information content (AvgIpc) is 3.13. The molecular formula is C19H12O3. The number of Topliss-reactive ketones (excluding diaryl/α,β-unsaturated/α-hetero) is 2. The fourth-order valence-corrected chi connectivity index (χ4v) is 4.18. The molecule has 2 aromatic carbocycles. The highest BCUT2D eigenvalue weighted by Gasteiger charge is 2.47. The number of carbonyl (C=O) groups is 2. The molecule has 2 atom stereocenters. The van der Waals surface area contributed by atoms with Crippen molar-refractivity contribution < 1.29 is 14.7 Å². The van der Waals surface area contributed by atoms with Crippen LogP contribution in [0.1, 0.15) is 27.1 Å². The van der Waals surface area contributed by atoms with Crippen molar-refractivity contribution in [2.24, 2.45) is 11.8 Å². The molecule has 106 valence electrons. The molecule has 3 heteroatoms. The van der Waals surface area contributed by atoms with Crippen molar-refractivity contribution >= 4 is 22.3 Å². The van der Waals surface area contributed by atoms with E-state index in [0.29, 0.717) is 16.7 Å². The lowest BCUT2D eigenvalue weighted by Gasteiger charge is -2.23. The molecule has 0 radical (unpaired) electrons. The summed E-state index contributed by atoms with van der Waals surface area (Å²) in [6.45, 7) is 0. The summed E-state index contributed by atoms with van der Waals surface area (Å²) in [7, 11) is 0. The third-order valence-electron chi connectivity index (χ3n) is 5.09. The normalized spacial score (nSPS) is 25.1. The largest absolute Gasteiger partial charge is 0.507 e. The maximum atomic E-state index is 13.0. The summed E-state index contributed by atoms with van der Waals surface area (Å²) >= 11 is 0. The summed E-state index contributed by atoms with van der Waals surface area (Å²) in [4.78, 5) is 25.9. The molecule has 0 fully saturated rings. The molecule has 3 aliphatic carbocycles. The Morgan fingerprint density at radius 3 is 2.27 bits per heavy atom. The van der Waals surface area contributed by atoms with E-state index in [-0.39, 0.29) is 34.7 Å². The first-order chi connectivity index (χ1) is 10.7. The number of benzene rings is 2. The Morgan fingerprint density at radius 2 is 1.55 bits per heavy atom. The Labute approximate surface area is 126 Å². The van der Waals surface area contributed by atoms with Crippen molar-refractivity contribution in [3.63, 3.8) is 0 Å². The zero-order chi connectivity index (χ0) is 15.0. The number of phenols is 1. The van der Waals surface area contributed by atoms with Gasteiger partial charge in [-0.15, -0.1) is 0 Å². The third-order valence-corrected chi connectivity index (χ3v) is 5.09. The molecule has 0 aromatic heterocycles. The van der Waals surface area contributed by atoms with E-state index in [0.717, 1.165) is 17.2 Å². The van der Waals surface area contributed by atoms with Crippen molar-refractivity contribution in [1.29, 1.82) is 0 Å². The van der Waals surface area contributed by atoms with Crippen LogP contribution in [0.2, 0.25) is 0 Å². The lowest BCUT2D eigenvalue weighted by atomic mass is 9.77. The highest BCUT2D eigenvalue weighted by molar-refractivity contribution is 6.32. The number of allylic oxidation sites excluding steroid dienone is 4. The predicted molar refractivity (Wildman–Crippen MR) is 82.0 cm³/mol. The van der Waals surface area contributed by atoms with Crippen LogP contribution in [-0.2, 0) is 0 Å². The fourth-order valence-electron chi connectivity index (χ4n) is 4.18. The van der Waals surface area contributed by atoms with Crippen LogP contribution in [0.15, 0.2) is 53.6 Å². The van der Waals surface area contributed by atoms with E-state index in [2.05, 4.69) is 0 Å². The zero-order valence-electron chi connectivity index (χ0n) is 11.7. The van der Waals surface area contributed by atoms with Crippen molar-refractivity contribution in [3.05, 3.63) is 64.8 Å². The summed E-state index contributed by atoms with van der Waals surface area (Å²) in [5, 5.41) is 11.8. The molecule has 2 unspecified atom stereocenters. The molecular weight excluding hydrogens is 276 g/mol. The maximum absolute atomic E-state index is 13.0. The maximum Gasteiger partial charge on any atom is 0.194 e. The second kappa shape index (κ2) is 3.74. The van der Waals surface area contributed by atoms with E-state index in [9.17, 15) is 14.7 Å². The number of hydrogen-bond acceptors (Lipinski definition) is 3. The van der Waals surface area contributed by atoms with E-state index in [1.54, 1.807) is 6.07 Å². The lowest BCUT2D eigenvalue weighted by molar-refractivity contribution is 0.0968. The van der Waals surface area contributed by atoms with Gasteiger partial charge in [-0.1, -0.05) is 36.4 Å². The molecule has 0 heterocycles. The van der Waals surface area contributed by atoms with E-state index >= 15 is 0 Å². The predicted octanol–water partition coefficient (Wildman–Crippen LogP) is 3.43. The molecule has 22 heavy (non-hydrogen) atoms. The van der Waals surface area contributed by atoms with Gasteiger partial charge in [-0.2, -0.15) is 0 Å². The van der Waals surface area contributed by atoms with Gasteiger partial charge in [0.05, 0.1) is 5.56 Å². The summed E-state index contributed by atoms with van der Waals surface area (Å²) < 4.78 is 0. The fraction of sp³-hybridized carbons (Fsp3) is 0.158. The summed E-state index contributed by atoms with van der Waals surface area (Å²) in [5.74, 6) is -0.259. The first-order valence-corrected chi connectivity index (χ1v) is 7.43. The van der Waals surface area contributed by atoms with E-state index in [1.165, 1.54) is 0 Å². The molecule has 2 bridgehead atoms. The standard InChI is InChI=1S/C19H12O3/c20-13-8-9-3-1-2-4-12(9)16-17(13)19(22)15-11-6-5-10(7-11)14(15)18(16)21/h1-6,8,10-11,20H,7H2. The first kappa shape index (κ1) is 11.9. The molecule has 1 N–H and O–H groups in total. The highest BCUT2D eigenvalue weighted by Crippen LogP contribution is 2.50. The number of carbonyl (C=O) groups excluding carboxylic acids is 2. The molecule has 5 rings (SSSR count). The number of phenolic OH excluding ortho intramolecular Hbond substituents is 1. The van der Waals surface area contributed by atoms with Crippen LogP contribution in [0.25, 0.3) is 10.8 Å². The molecule has 0 spiro atoms. The molecule has 3 nitrogen and oxygen atoms in total. The van der Waals surface area contributed by atoms with Gasteiger partial charge in [0.15, 0.2) is 11.6 Å². The zero-order valence-corrected chi connectivity index (χ0v) is 11.7. The Bertz CT molecular complexity index is 962. The molecule has 0 aliphatic heterocycles. The summed E-state index contributed by atoms with van der Waals surface area (Å²) in [5.41, 5.74) is 1.82. The Hall–Kier alpha value is -2.68. The van der Waals surface area contributed by atoms with Gasteiger partial charge in [0.1, 0.15) is 5.75 Å². The minimum absolute atomic E-state index is 0.0375. The smallest absolute Gasteiger partial charge is 0.194 e. The molecule has 0 amide bonds. The topological polar surface area (TPSA) is 54.4 Å². The van der Waals surface area contributed by atoms with Gasteiger partial charge in [0.25, 0.3) is 0 Å². The summed E-state index contributed by atoms with van der Waals surface area (Å²) in [6, 6.07) is 8.97. The number of aromatic hydroxyl groups is 1. The van der Waals surface area contributed by atoms with Crippen molar-refractivity contribution in [3.8, 4) is 5.75 Å². The minimum atomic E-state index is -0.176. The van der Waals surface area contributed by atoms with Crippen molar-refractivity contribution in [2.75, 3.05) is 0 Å². The van der Waals surface area contributed by atoms with E-state index < -0.39 is 0 Å². The van der Waals surface area contributed by atoms with Crippen LogP contribution in [0.5, 0.6) is 5.75 Å². The van der Waals surface area contributed by atoms with Gasteiger partial charge in [-0.05, 0) is 23.3 Å². The van der Waals surface area contributed by atoms with Crippen molar-refractivity contribution in [1.82, 2.24) is 0 Å². The SMILES string of the molecule is O=C1C2=C(C(=O)c3c1c(O)cc1ccccc31)C1C=CC2C1. The van der Waals surface area contributed by atoms with Gasteiger partial charge >= 0.3 is 0 Å². The number of hydrogen-bond donors (Lipinski definition) is 1.